The molecule has 1 rings (SSSR count). The Morgan fingerprint density at radius 1 is 1.38 bits per heavy atom. The first-order valence-electron chi connectivity index (χ1n) is 4.39. The second kappa shape index (κ2) is 5.37. The van der Waals surface area contributed by atoms with Crippen LogP contribution in [0.1, 0.15) is 12.8 Å². The molecule has 1 aromatic rings. The van der Waals surface area contributed by atoms with Gasteiger partial charge in [0.2, 0.25) is 0 Å². The first-order chi connectivity index (χ1) is 6.33. The van der Waals surface area contributed by atoms with E-state index in [4.69, 9.17) is 10.8 Å². The Morgan fingerprint density at radius 2 is 2.23 bits per heavy atom. The van der Waals surface area contributed by atoms with Crippen LogP contribution >= 0.6 is 0 Å². The van der Waals surface area contributed by atoms with Crippen molar-refractivity contribution in [2.24, 2.45) is 0 Å². The number of nitrogen functional groups attached to an aromatic ring is 1. The van der Waals surface area contributed by atoms with E-state index < -0.39 is 0 Å². The van der Waals surface area contributed by atoms with Gasteiger partial charge in [-0.1, -0.05) is 0 Å². The third kappa shape index (κ3) is 3.75. The fourth-order valence-electron chi connectivity index (χ4n) is 0.979. The van der Waals surface area contributed by atoms with Gasteiger partial charge in [0.25, 0.3) is 0 Å². The highest BCUT2D eigenvalue weighted by Gasteiger charge is 1.91. The van der Waals surface area contributed by atoms with Gasteiger partial charge in [0.05, 0.1) is 11.9 Å². The molecule has 4 N–H and O–H groups in total. The maximum atomic E-state index is 8.54. The number of rotatable bonds is 5. The van der Waals surface area contributed by atoms with E-state index in [1.54, 1.807) is 12.3 Å². The minimum Gasteiger partial charge on any atom is -0.396 e. The minimum absolute atomic E-state index is 0.252. The van der Waals surface area contributed by atoms with E-state index in [2.05, 4.69) is 10.3 Å². The van der Waals surface area contributed by atoms with E-state index >= 15 is 0 Å². The molecule has 0 bridgehead atoms. The lowest BCUT2D eigenvalue weighted by molar-refractivity contribution is 0.286. The van der Waals surface area contributed by atoms with E-state index in [1.165, 1.54) is 0 Å². The summed E-state index contributed by atoms with van der Waals surface area (Å²) in [7, 11) is 0. The Labute approximate surface area is 77.8 Å². The molecule has 4 nitrogen and oxygen atoms in total. The number of aliphatic hydroxyl groups excluding tert-OH is 1. The van der Waals surface area contributed by atoms with Crippen LogP contribution in [0.25, 0.3) is 0 Å². The van der Waals surface area contributed by atoms with Crippen molar-refractivity contribution in [3.8, 4) is 0 Å². The van der Waals surface area contributed by atoms with E-state index in [0.717, 1.165) is 25.1 Å². The third-order valence-electron chi connectivity index (χ3n) is 1.70. The topological polar surface area (TPSA) is 71.2 Å². The summed E-state index contributed by atoms with van der Waals surface area (Å²) in [5.41, 5.74) is 6.40. The SMILES string of the molecule is Nc1ccc(NCCCCO)cn1. The highest BCUT2D eigenvalue weighted by atomic mass is 16.2. The van der Waals surface area contributed by atoms with Crippen LogP contribution in [0.3, 0.4) is 0 Å². The summed E-state index contributed by atoms with van der Waals surface area (Å²) < 4.78 is 0. The van der Waals surface area contributed by atoms with Crippen LogP contribution in [0, 0.1) is 0 Å². The monoisotopic (exact) mass is 181 g/mol. The van der Waals surface area contributed by atoms with Crippen molar-refractivity contribution in [1.82, 2.24) is 4.98 Å². The molecule has 0 radical (unpaired) electrons. The standard InChI is InChI=1S/C9H15N3O/c10-9-4-3-8(7-12-9)11-5-1-2-6-13/h3-4,7,11,13H,1-2,5-6H2,(H2,10,12). The molecule has 0 atom stereocenters. The smallest absolute Gasteiger partial charge is 0.123 e. The summed E-state index contributed by atoms with van der Waals surface area (Å²) in [6, 6.07) is 3.65. The van der Waals surface area contributed by atoms with Gasteiger partial charge < -0.3 is 16.2 Å². The summed E-state index contributed by atoms with van der Waals surface area (Å²) in [4.78, 5) is 3.94. The Morgan fingerprint density at radius 3 is 2.85 bits per heavy atom. The van der Waals surface area contributed by atoms with Gasteiger partial charge in [-0.15, -0.1) is 0 Å². The zero-order valence-corrected chi connectivity index (χ0v) is 7.53. The molecular weight excluding hydrogens is 166 g/mol. The van der Waals surface area contributed by atoms with Crippen molar-refractivity contribution >= 4 is 11.5 Å². The molecule has 0 fully saturated rings. The summed E-state index contributed by atoms with van der Waals surface area (Å²) in [6.45, 7) is 1.10. The molecule has 0 amide bonds. The fourth-order valence-corrected chi connectivity index (χ4v) is 0.979. The Kier molecular flexibility index (Phi) is 4.05. The molecule has 0 aromatic carbocycles. The van der Waals surface area contributed by atoms with Gasteiger partial charge in [0, 0.05) is 13.2 Å². The molecule has 0 saturated heterocycles. The lowest BCUT2D eigenvalue weighted by atomic mass is 10.3. The maximum Gasteiger partial charge on any atom is 0.123 e. The number of nitrogens with zero attached hydrogens (tertiary/aromatic N) is 1. The normalized spacial score (nSPS) is 9.92. The second-order valence-corrected chi connectivity index (χ2v) is 2.83. The molecule has 0 aliphatic carbocycles. The van der Waals surface area contributed by atoms with Crippen LogP contribution < -0.4 is 11.1 Å². The number of hydrogen-bond acceptors (Lipinski definition) is 4. The van der Waals surface area contributed by atoms with Crippen LogP contribution in [0.5, 0.6) is 0 Å². The highest BCUT2D eigenvalue weighted by Crippen LogP contribution is 2.06. The average Bonchev–Trinajstić information content (AvgIpc) is 2.15. The Balaban J connectivity index is 2.25. The van der Waals surface area contributed by atoms with Crippen LogP contribution in [0.4, 0.5) is 11.5 Å². The van der Waals surface area contributed by atoms with Gasteiger partial charge >= 0.3 is 0 Å². The molecular formula is C9H15N3O. The van der Waals surface area contributed by atoms with E-state index in [9.17, 15) is 0 Å². The summed E-state index contributed by atoms with van der Waals surface area (Å²) in [5.74, 6) is 0.529. The van der Waals surface area contributed by atoms with Gasteiger partial charge in [0.1, 0.15) is 5.82 Å². The molecule has 1 heterocycles. The largest absolute Gasteiger partial charge is 0.396 e. The van der Waals surface area contributed by atoms with Crippen molar-refractivity contribution < 1.29 is 5.11 Å². The maximum absolute atomic E-state index is 8.54. The summed E-state index contributed by atoms with van der Waals surface area (Å²) >= 11 is 0. The fraction of sp³-hybridized carbons (Fsp3) is 0.444. The number of unbranched alkanes of at least 4 members (excludes halogenated alkanes) is 1. The number of hydrogen-bond donors (Lipinski definition) is 3. The Hall–Kier alpha value is -1.29. The van der Waals surface area contributed by atoms with Crippen LogP contribution in [-0.2, 0) is 0 Å². The summed E-state index contributed by atoms with van der Waals surface area (Å²) in [6.07, 6.45) is 3.49. The predicted octanol–water partition coefficient (Wildman–Crippen LogP) is 0.848. The number of aromatic nitrogens is 1. The number of anilines is 2. The van der Waals surface area contributed by atoms with Gasteiger partial charge in [-0.3, -0.25) is 0 Å². The number of nitrogens with two attached hydrogens (primary N) is 1. The molecule has 72 valence electrons. The molecule has 1 aromatic heterocycles. The average molecular weight is 181 g/mol. The van der Waals surface area contributed by atoms with Crippen LogP contribution in [0.15, 0.2) is 18.3 Å². The summed E-state index contributed by atoms with van der Waals surface area (Å²) in [5, 5.41) is 11.7. The molecule has 0 spiro atoms. The predicted molar refractivity (Wildman–Crippen MR) is 53.5 cm³/mol. The van der Waals surface area contributed by atoms with Gasteiger partial charge in [0.15, 0.2) is 0 Å². The quantitative estimate of drug-likeness (QED) is 0.589. The zero-order chi connectivity index (χ0) is 9.52. The van der Waals surface area contributed by atoms with Gasteiger partial charge in [-0.05, 0) is 25.0 Å². The van der Waals surface area contributed by atoms with Crippen molar-refractivity contribution in [3.05, 3.63) is 18.3 Å². The van der Waals surface area contributed by atoms with Gasteiger partial charge in [-0.25, -0.2) is 4.98 Å². The third-order valence-corrected chi connectivity index (χ3v) is 1.70. The lowest BCUT2D eigenvalue weighted by Gasteiger charge is -2.04. The first-order valence-corrected chi connectivity index (χ1v) is 4.39. The van der Waals surface area contributed by atoms with Crippen molar-refractivity contribution in [3.63, 3.8) is 0 Å². The van der Waals surface area contributed by atoms with Gasteiger partial charge in [-0.2, -0.15) is 0 Å². The molecule has 13 heavy (non-hydrogen) atoms. The molecule has 0 aliphatic heterocycles. The molecule has 0 aliphatic rings. The van der Waals surface area contributed by atoms with Crippen molar-refractivity contribution in [2.45, 2.75) is 12.8 Å². The van der Waals surface area contributed by atoms with Crippen LogP contribution in [-0.4, -0.2) is 23.2 Å². The second-order valence-electron chi connectivity index (χ2n) is 2.83. The number of aliphatic hydroxyl groups is 1. The van der Waals surface area contributed by atoms with E-state index in [-0.39, 0.29) is 6.61 Å². The first kappa shape index (κ1) is 9.80. The Bertz CT molecular complexity index is 235. The number of nitrogens with one attached hydrogen (secondary N) is 1. The molecule has 0 unspecified atom stereocenters. The number of pyridine rings is 1. The lowest BCUT2D eigenvalue weighted by Crippen LogP contribution is -2.02. The van der Waals surface area contributed by atoms with E-state index in [1.807, 2.05) is 6.07 Å². The minimum atomic E-state index is 0.252. The van der Waals surface area contributed by atoms with Crippen molar-refractivity contribution in [1.29, 1.82) is 0 Å². The van der Waals surface area contributed by atoms with E-state index in [0.29, 0.717) is 5.82 Å². The molecule has 0 saturated carbocycles. The highest BCUT2D eigenvalue weighted by molar-refractivity contribution is 5.45. The van der Waals surface area contributed by atoms with Crippen molar-refractivity contribution in [2.75, 3.05) is 24.2 Å². The molecule has 4 heteroatoms. The zero-order valence-electron chi connectivity index (χ0n) is 7.53. The van der Waals surface area contributed by atoms with Crippen LogP contribution in [0.2, 0.25) is 0 Å².